The van der Waals surface area contributed by atoms with Crippen LogP contribution in [0.2, 0.25) is 0 Å². The van der Waals surface area contributed by atoms with Gasteiger partial charge in [0.2, 0.25) is 5.91 Å². The summed E-state index contributed by atoms with van der Waals surface area (Å²) >= 11 is 3.32. The molecule has 1 aromatic heterocycles. The van der Waals surface area contributed by atoms with Crippen molar-refractivity contribution in [3.05, 3.63) is 22.4 Å². The molecule has 0 bridgehead atoms. The third-order valence-corrected chi connectivity index (χ3v) is 4.74. The van der Waals surface area contributed by atoms with Crippen molar-refractivity contribution < 1.29 is 9.90 Å². The number of likely N-dealkylation sites (N-methyl/N-ethyl adjacent to an activating group) is 1. The summed E-state index contributed by atoms with van der Waals surface area (Å²) in [5, 5.41) is 11.2. The number of nitrogens with zero attached hydrogens (tertiary/aromatic N) is 1. The number of hydrogen-bond acceptors (Lipinski definition) is 4. The zero-order valence-corrected chi connectivity index (χ0v) is 12.1. The van der Waals surface area contributed by atoms with Gasteiger partial charge in [0.1, 0.15) is 0 Å². The van der Waals surface area contributed by atoms with Gasteiger partial charge in [-0.2, -0.15) is 0 Å². The van der Waals surface area contributed by atoms with E-state index in [2.05, 4.69) is 6.07 Å². The van der Waals surface area contributed by atoms with Gasteiger partial charge in [-0.25, -0.2) is 0 Å². The average Bonchev–Trinajstić information content (AvgIpc) is 2.80. The topological polar surface area (TPSA) is 40.5 Å². The molecule has 96 valence electrons. The van der Waals surface area contributed by atoms with Crippen molar-refractivity contribution in [1.29, 1.82) is 0 Å². The second kappa shape index (κ2) is 6.42. The molecule has 0 aliphatic carbocycles. The Labute approximate surface area is 111 Å². The van der Waals surface area contributed by atoms with Crippen LogP contribution in [-0.2, 0) is 10.5 Å². The Morgan fingerprint density at radius 1 is 1.59 bits per heavy atom. The highest BCUT2D eigenvalue weighted by Gasteiger charge is 2.26. The number of carbonyl (C=O) groups is 1. The molecule has 0 atom stereocenters. The Morgan fingerprint density at radius 3 is 2.82 bits per heavy atom. The first-order chi connectivity index (χ1) is 7.97. The number of rotatable bonds is 6. The molecule has 1 N–H and O–H groups in total. The molecule has 0 unspecified atom stereocenters. The highest BCUT2D eigenvalue weighted by molar-refractivity contribution is 7.99. The minimum atomic E-state index is -0.486. The average molecular weight is 273 g/mol. The molecule has 0 saturated heterocycles. The third-order valence-electron chi connectivity index (χ3n) is 2.72. The molecule has 0 saturated carbocycles. The molecular formula is C12H19NO2S2. The highest BCUT2D eigenvalue weighted by atomic mass is 32.2. The van der Waals surface area contributed by atoms with Gasteiger partial charge in [0.05, 0.1) is 17.9 Å². The van der Waals surface area contributed by atoms with Crippen LogP contribution in [0.3, 0.4) is 0 Å². The van der Waals surface area contributed by atoms with E-state index in [1.165, 1.54) is 4.88 Å². The number of amides is 1. The summed E-state index contributed by atoms with van der Waals surface area (Å²) in [6.07, 6.45) is 0. The molecule has 0 aromatic carbocycles. The summed E-state index contributed by atoms with van der Waals surface area (Å²) in [5.41, 5.74) is -0.486. The number of aliphatic hydroxyl groups excluding tert-OH is 1. The van der Waals surface area contributed by atoms with E-state index >= 15 is 0 Å². The van der Waals surface area contributed by atoms with Crippen molar-refractivity contribution in [2.75, 3.05) is 19.4 Å². The monoisotopic (exact) mass is 273 g/mol. The van der Waals surface area contributed by atoms with Gasteiger partial charge < -0.3 is 10.0 Å². The molecule has 1 amide bonds. The highest BCUT2D eigenvalue weighted by Crippen LogP contribution is 2.19. The maximum absolute atomic E-state index is 11.9. The first-order valence-electron chi connectivity index (χ1n) is 5.45. The quantitative estimate of drug-likeness (QED) is 0.864. The maximum atomic E-state index is 11.9. The van der Waals surface area contributed by atoms with Gasteiger partial charge in [0.25, 0.3) is 0 Å². The van der Waals surface area contributed by atoms with Crippen LogP contribution in [-0.4, -0.2) is 40.9 Å². The van der Waals surface area contributed by atoms with Gasteiger partial charge >= 0.3 is 0 Å². The van der Waals surface area contributed by atoms with E-state index in [0.29, 0.717) is 5.75 Å². The molecule has 3 nitrogen and oxygen atoms in total. The summed E-state index contributed by atoms with van der Waals surface area (Å²) in [4.78, 5) is 14.8. The predicted octanol–water partition coefficient (Wildman–Crippen LogP) is 2.21. The van der Waals surface area contributed by atoms with Crippen LogP contribution < -0.4 is 0 Å². The Hall–Kier alpha value is -0.520. The fourth-order valence-corrected chi connectivity index (χ4v) is 2.95. The number of thioether (sulfide) groups is 1. The van der Waals surface area contributed by atoms with Gasteiger partial charge in [0.15, 0.2) is 0 Å². The molecule has 1 aromatic rings. The Morgan fingerprint density at radius 2 is 2.29 bits per heavy atom. The second-order valence-electron chi connectivity index (χ2n) is 4.50. The smallest absolute Gasteiger partial charge is 0.232 e. The van der Waals surface area contributed by atoms with Crippen LogP contribution in [0.4, 0.5) is 0 Å². The summed E-state index contributed by atoms with van der Waals surface area (Å²) in [6, 6.07) is 4.09. The van der Waals surface area contributed by atoms with E-state index in [-0.39, 0.29) is 12.5 Å². The first-order valence-corrected chi connectivity index (χ1v) is 7.48. The fourth-order valence-electron chi connectivity index (χ4n) is 1.17. The van der Waals surface area contributed by atoms with Gasteiger partial charge in [0, 0.05) is 17.7 Å². The largest absolute Gasteiger partial charge is 0.394 e. The molecule has 0 spiro atoms. The van der Waals surface area contributed by atoms with Crippen LogP contribution >= 0.6 is 23.1 Å². The van der Waals surface area contributed by atoms with E-state index in [1.54, 1.807) is 35.0 Å². The number of thiophene rings is 1. The lowest BCUT2D eigenvalue weighted by atomic mass is 10.1. The van der Waals surface area contributed by atoms with Crippen molar-refractivity contribution in [1.82, 2.24) is 4.90 Å². The number of carbonyl (C=O) groups excluding carboxylic acids is 1. The summed E-state index contributed by atoms with van der Waals surface area (Å²) < 4.78 is 0. The summed E-state index contributed by atoms with van der Waals surface area (Å²) in [5.74, 6) is 1.39. The molecule has 17 heavy (non-hydrogen) atoms. The molecule has 5 heteroatoms. The zero-order chi connectivity index (χ0) is 12.9. The third kappa shape index (κ3) is 4.33. The second-order valence-corrected chi connectivity index (χ2v) is 6.51. The van der Waals surface area contributed by atoms with Crippen molar-refractivity contribution in [3.63, 3.8) is 0 Å². The van der Waals surface area contributed by atoms with E-state index in [9.17, 15) is 9.90 Å². The molecule has 0 radical (unpaired) electrons. The first kappa shape index (κ1) is 14.5. The Bertz CT molecular complexity index is 349. The minimum Gasteiger partial charge on any atom is -0.394 e. The molecule has 0 fully saturated rings. The van der Waals surface area contributed by atoms with Gasteiger partial charge in [-0.05, 0) is 25.3 Å². The predicted molar refractivity (Wildman–Crippen MR) is 74.4 cm³/mol. The number of aliphatic hydroxyl groups is 1. The molecule has 1 heterocycles. The molecule has 0 aliphatic heterocycles. The number of hydrogen-bond donors (Lipinski definition) is 1. The van der Waals surface area contributed by atoms with Crippen LogP contribution in [0, 0.1) is 0 Å². The van der Waals surface area contributed by atoms with Crippen molar-refractivity contribution in [3.8, 4) is 0 Å². The lowest BCUT2D eigenvalue weighted by molar-refractivity contribution is -0.133. The SMILES string of the molecule is CN(C(=O)CSCc1cccs1)C(C)(C)CO. The fraction of sp³-hybridized carbons (Fsp3) is 0.583. The minimum absolute atomic E-state index is 0.0230. The lowest BCUT2D eigenvalue weighted by Crippen LogP contribution is -2.48. The lowest BCUT2D eigenvalue weighted by Gasteiger charge is -2.33. The van der Waals surface area contributed by atoms with Crippen LogP contribution in [0.1, 0.15) is 18.7 Å². The molecule has 1 rings (SSSR count). The summed E-state index contributed by atoms with van der Waals surface area (Å²) in [7, 11) is 1.74. The standard InChI is InChI=1S/C12H19NO2S2/c1-12(2,9-14)13(3)11(15)8-16-7-10-5-4-6-17-10/h4-6,14H,7-9H2,1-3H3. The summed E-state index contributed by atoms with van der Waals surface area (Å²) in [6.45, 7) is 3.69. The zero-order valence-electron chi connectivity index (χ0n) is 10.5. The van der Waals surface area contributed by atoms with E-state index in [4.69, 9.17) is 0 Å². The van der Waals surface area contributed by atoms with Crippen LogP contribution in [0.25, 0.3) is 0 Å². The van der Waals surface area contributed by atoms with E-state index < -0.39 is 5.54 Å². The van der Waals surface area contributed by atoms with Crippen molar-refractivity contribution in [2.24, 2.45) is 0 Å². The van der Waals surface area contributed by atoms with Crippen LogP contribution in [0.5, 0.6) is 0 Å². The maximum Gasteiger partial charge on any atom is 0.232 e. The molecular weight excluding hydrogens is 254 g/mol. The van der Waals surface area contributed by atoms with E-state index in [0.717, 1.165) is 5.75 Å². The van der Waals surface area contributed by atoms with Crippen LogP contribution in [0.15, 0.2) is 17.5 Å². The normalized spacial score (nSPS) is 11.5. The Balaban J connectivity index is 2.34. The van der Waals surface area contributed by atoms with Gasteiger partial charge in [-0.15, -0.1) is 23.1 Å². The van der Waals surface area contributed by atoms with Crippen molar-refractivity contribution in [2.45, 2.75) is 25.1 Å². The molecule has 0 aliphatic rings. The van der Waals surface area contributed by atoms with E-state index in [1.807, 2.05) is 25.3 Å². The van der Waals surface area contributed by atoms with Gasteiger partial charge in [-0.1, -0.05) is 6.07 Å². The Kier molecular flexibility index (Phi) is 5.49. The van der Waals surface area contributed by atoms with Crippen molar-refractivity contribution >= 4 is 29.0 Å². The van der Waals surface area contributed by atoms with Gasteiger partial charge in [-0.3, -0.25) is 4.79 Å².